The normalized spacial score (nSPS) is 16.0. The molecule has 1 unspecified atom stereocenters. The minimum absolute atomic E-state index is 0.361. The molecule has 21 heavy (non-hydrogen) atoms. The van der Waals surface area contributed by atoms with Crippen LogP contribution in [0.1, 0.15) is 58.1 Å². The summed E-state index contributed by atoms with van der Waals surface area (Å²) in [6.07, 6.45) is 5.09. The number of hydrogen-bond acceptors (Lipinski definition) is 2. The molecule has 1 aromatic carbocycles. The highest BCUT2D eigenvalue weighted by molar-refractivity contribution is 6.33. The molecule has 0 aromatic heterocycles. The zero-order chi connectivity index (χ0) is 15.2. The lowest BCUT2D eigenvalue weighted by molar-refractivity contribution is 0.570. The molecule has 118 valence electrons. The second kappa shape index (κ2) is 8.05. The molecule has 1 N–H and O–H groups in total. The Morgan fingerprint density at radius 3 is 2.62 bits per heavy atom. The SMILES string of the molecule is CCCNC(C)c1ccc(N(CCC)CC2CC2)c(Cl)c1. The van der Waals surface area contributed by atoms with Crippen LogP contribution in [0.15, 0.2) is 18.2 Å². The maximum Gasteiger partial charge on any atom is 0.0642 e. The van der Waals surface area contributed by atoms with Crippen molar-refractivity contribution in [2.75, 3.05) is 24.5 Å². The van der Waals surface area contributed by atoms with Gasteiger partial charge in [0.2, 0.25) is 0 Å². The van der Waals surface area contributed by atoms with Crippen LogP contribution in [0.5, 0.6) is 0 Å². The third-order valence-electron chi connectivity index (χ3n) is 4.18. The molecular weight excluding hydrogens is 280 g/mol. The summed E-state index contributed by atoms with van der Waals surface area (Å²) in [6.45, 7) is 9.93. The van der Waals surface area contributed by atoms with E-state index in [1.807, 2.05) is 0 Å². The minimum atomic E-state index is 0.361. The van der Waals surface area contributed by atoms with Gasteiger partial charge in [-0.1, -0.05) is 31.5 Å². The van der Waals surface area contributed by atoms with Crippen LogP contribution in [0.25, 0.3) is 0 Å². The molecule has 0 saturated heterocycles. The van der Waals surface area contributed by atoms with Crippen molar-refractivity contribution in [3.63, 3.8) is 0 Å². The molecule has 0 spiro atoms. The lowest BCUT2D eigenvalue weighted by Gasteiger charge is -2.26. The number of anilines is 1. The maximum atomic E-state index is 6.57. The Bertz CT molecular complexity index is 443. The zero-order valence-electron chi connectivity index (χ0n) is 13.7. The summed E-state index contributed by atoms with van der Waals surface area (Å²) in [6, 6.07) is 6.93. The van der Waals surface area contributed by atoms with Crippen molar-refractivity contribution in [3.05, 3.63) is 28.8 Å². The third kappa shape index (κ3) is 4.89. The van der Waals surface area contributed by atoms with Crippen molar-refractivity contribution in [1.82, 2.24) is 5.32 Å². The van der Waals surface area contributed by atoms with E-state index >= 15 is 0 Å². The maximum absolute atomic E-state index is 6.57. The Morgan fingerprint density at radius 1 is 1.29 bits per heavy atom. The molecule has 3 heteroatoms. The van der Waals surface area contributed by atoms with Crippen LogP contribution in [0, 0.1) is 5.92 Å². The van der Waals surface area contributed by atoms with Gasteiger partial charge in [-0.05, 0) is 62.8 Å². The van der Waals surface area contributed by atoms with Gasteiger partial charge in [0.25, 0.3) is 0 Å². The number of nitrogens with one attached hydrogen (secondary N) is 1. The van der Waals surface area contributed by atoms with Crippen LogP contribution in [-0.4, -0.2) is 19.6 Å². The first-order valence-corrected chi connectivity index (χ1v) is 8.81. The van der Waals surface area contributed by atoms with E-state index < -0.39 is 0 Å². The molecule has 1 fully saturated rings. The number of rotatable bonds is 9. The van der Waals surface area contributed by atoms with E-state index in [9.17, 15) is 0 Å². The van der Waals surface area contributed by atoms with Crippen LogP contribution in [-0.2, 0) is 0 Å². The molecule has 1 atom stereocenters. The van der Waals surface area contributed by atoms with Crippen LogP contribution < -0.4 is 10.2 Å². The van der Waals surface area contributed by atoms with Crippen LogP contribution in [0.3, 0.4) is 0 Å². The van der Waals surface area contributed by atoms with E-state index in [1.165, 1.54) is 30.5 Å². The average Bonchev–Trinajstić information content (AvgIpc) is 3.28. The number of hydrogen-bond donors (Lipinski definition) is 1. The molecule has 0 radical (unpaired) electrons. The Morgan fingerprint density at radius 2 is 2.05 bits per heavy atom. The van der Waals surface area contributed by atoms with Crippen LogP contribution >= 0.6 is 11.6 Å². The van der Waals surface area contributed by atoms with Crippen molar-refractivity contribution in [3.8, 4) is 0 Å². The van der Waals surface area contributed by atoms with Gasteiger partial charge in [-0.2, -0.15) is 0 Å². The third-order valence-corrected chi connectivity index (χ3v) is 4.48. The Labute approximate surface area is 134 Å². The van der Waals surface area contributed by atoms with Gasteiger partial charge >= 0.3 is 0 Å². The molecule has 1 aliphatic rings. The topological polar surface area (TPSA) is 15.3 Å². The molecule has 1 aliphatic carbocycles. The number of nitrogens with zero attached hydrogens (tertiary/aromatic N) is 1. The number of benzene rings is 1. The van der Waals surface area contributed by atoms with Crippen molar-refractivity contribution < 1.29 is 0 Å². The fraction of sp³-hybridized carbons (Fsp3) is 0.667. The molecular formula is C18H29ClN2. The van der Waals surface area contributed by atoms with Gasteiger partial charge in [-0.3, -0.25) is 0 Å². The number of halogens is 1. The zero-order valence-corrected chi connectivity index (χ0v) is 14.4. The smallest absolute Gasteiger partial charge is 0.0642 e. The summed E-state index contributed by atoms with van der Waals surface area (Å²) in [7, 11) is 0. The summed E-state index contributed by atoms with van der Waals surface area (Å²) < 4.78 is 0. The Hall–Kier alpha value is -0.730. The summed E-state index contributed by atoms with van der Waals surface area (Å²) in [4.78, 5) is 2.47. The minimum Gasteiger partial charge on any atom is -0.370 e. The summed E-state index contributed by atoms with van der Waals surface area (Å²) in [5.41, 5.74) is 2.48. The molecule has 0 heterocycles. The van der Waals surface area contributed by atoms with Gasteiger partial charge in [0, 0.05) is 19.1 Å². The molecule has 0 bridgehead atoms. The highest BCUT2D eigenvalue weighted by Crippen LogP contribution is 2.35. The Kier molecular flexibility index (Phi) is 6.38. The highest BCUT2D eigenvalue weighted by Gasteiger charge is 2.25. The first-order valence-electron chi connectivity index (χ1n) is 8.43. The van der Waals surface area contributed by atoms with Crippen molar-refractivity contribution in [2.45, 2.75) is 52.5 Å². The molecule has 2 nitrogen and oxygen atoms in total. The fourth-order valence-corrected chi connectivity index (χ4v) is 3.03. The van der Waals surface area contributed by atoms with Gasteiger partial charge in [0.1, 0.15) is 0 Å². The van der Waals surface area contributed by atoms with Gasteiger partial charge in [-0.15, -0.1) is 0 Å². The Balaban J connectivity index is 2.08. The molecule has 1 saturated carbocycles. The van der Waals surface area contributed by atoms with E-state index in [4.69, 9.17) is 11.6 Å². The predicted octanol–water partition coefficient (Wildman–Crippen LogP) is 5.03. The van der Waals surface area contributed by atoms with E-state index in [2.05, 4.69) is 49.2 Å². The summed E-state index contributed by atoms with van der Waals surface area (Å²) in [5, 5.41) is 4.41. The lowest BCUT2D eigenvalue weighted by Crippen LogP contribution is -2.27. The van der Waals surface area contributed by atoms with E-state index in [0.717, 1.165) is 37.0 Å². The largest absolute Gasteiger partial charge is 0.370 e. The molecule has 0 amide bonds. The van der Waals surface area contributed by atoms with Gasteiger partial charge in [-0.25, -0.2) is 0 Å². The molecule has 0 aliphatic heterocycles. The van der Waals surface area contributed by atoms with Gasteiger partial charge < -0.3 is 10.2 Å². The first-order chi connectivity index (χ1) is 10.2. The second-order valence-electron chi connectivity index (χ2n) is 6.28. The van der Waals surface area contributed by atoms with E-state index in [0.29, 0.717) is 6.04 Å². The highest BCUT2D eigenvalue weighted by atomic mass is 35.5. The lowest BCUT2D eigenvalue weighted by atomic mass is 10.1. The fourth-order valence-electron chi connectivity index (χ4n) is 2.72. The van der Waals surface area contributed by atoms with Crippen molar-refractivity contribution in [1.29, 1.82) is 0 Å². The van der Waals surface area contributed by atoms with E-state index in [1.54, 1.807) is 0 Å². The summed E-state index contributed by atoms with van der Waals surface area (Å²) >= 11 is 6.57. The quantitative estimate of drug-likeness (QED) is 0.688. The molecule has 1 aromatic rings. The standard InChI is InChI=1S/C18H29ClN2/c1-4-10-20-14(3)16-8-9-18(17(19)12-16)21(11-5-2)13-15-6-7-15/h8-9,12,14-15,20H,4-7,10-11,13H2,1-3H3. The monoisotopic (exact) mass is 308 g/mol. The van der Waals surface area contributed by atoms with Crippen molar-refractivity contribution in [2.24, 2.45) is 5.92 Å². The average molecular weight is 309 g/mol. The van der Waals surface area contributed by atoms with Crippen LogP contribution in [0.2, 0.25) is 5.02 Å². The first kappa shape index (κ1) is 16.6. The van der Waals surface area contributed by atoms with Crippen LogP contribution in [0.4, 0.5) is 5.69 Å². The second-order valence-corrected chi connectivity index (χ2v) is 6.68. The molecule has 2 rings (SSSR count). The summed E-state index contributed by atoms with van der Waals surface area (Å²) in [5.74, 6) is 0.887. The van der Waals surface area contributed by atoms with Gasteiger partial charge in [0.05, 0.1) is 10.7 Å². The van der Waals surface area contributed by atoms with Gasteiger partial charge in [0.15, 0.2) is 0 Å². The predicted molar refractivity (Wildman–Crippen MR) is 93.4 cm³/mol. The van der Waals surface area contributed by atoms with E-state index in [-0.39, 0.29) is 0 Å². The van der Waals surface area contributed by atoms with Crippen molar-refractivity contribution >= 4 is 17.3 Å².